The van der Waals surface area contributed by atoms with Crippen LogP contribution in [0.25, 0.3) is 0 Å². The zero-order chi connectivity index (χ0) is 15.7. The molecule has 0 amide bonds. The van der Waals surface area contributed by atoms with E-state index in [9.17, 15) is 0 Å². The van der Waals surface area contributed by atoms with Crippen LogP contribution >= 0.6 is 0 Å². The Hall–Kier alpha value is -1.02. The minimum absolute atomic E-state index is 0.154. The topological polar surface area (TPSA) is 21.3 Å². The highest BCUT2D eigenvalue weighted by molar-refractivity contribution is 5.44. The highest BCUT2D eigenvalue weighted by Gasteiger charge is 2.46. The van der Waals surface area contributed by atoms with Crippen molar-refractivity contribution >= 4 is 0 Å². The van der Waals surface area contributed by atoms with Crippen molar-refractivity contribution in [2.24, 2.45) is 5.92 Å². The summed E-state index contributed by atoms with van der Waals surface area (Å²) in [6.07, 6.45) is 3.82. The third kappa shape index (κ3) is 3.60. The number of methoxy groups -OCH3 is 1. The van der Waals surface area contributed by atoms with Crippen LogP contribution in [0.5, 0.6) is 5.75 Å². The molecular weight excluding hydrogens is 258 g/mol. The molecule has 2 nitrogen and oxygen atoms in total. The molecule has 0 unspecified atom stereocenters. The highest BCUT2D eigenvalue weighted by atomic mass is 16.5. The van der Waals surface area contributed by atoms with Gasteiger partial charge in [-0.1, -0.05) is 31.0 Å². The van der Waals surface area contributed by atoms with Crippen molar-refractivity contribution in [2.75, 3.05) is 13.7 Å². The van der Waals surface area contributed by atoms with Crippen LogP contribution in [0.4, 0.5) is 0 Å². The SMILES string of the molecule is CCC1CC(CNC(C)(C)C)(c2cc(C)ccc2OC)C1. The van der Waals surface area contributed by atoms with Crippen LogP contribution in [0.15, 0.2) is 18.2 Å². The molecule has 0 radical (unpaired) electrons. The number of benzene rings is 1. The smallest absolute Gasteiger partial charge is 0.122 e. The molecule has 1 aliphatic rings. The first kappa shape index (κ1) is 16.4. The lowest BCUT2D eigenvalue weighted by Gasteiger charge is -2.50. The standard InChI is InChI=1S/C19H31NO/c1-7-15-11-19(12-15,13-20-18(3,4)5)16-10-14(2)8-9-17(16)21-6/h8-10,15,20H,7,11-13H2,1-6H3. The van der Waals surface area contributed by atoms with E-state index in [0.717, 1.165) is 18.2 Å². The molecule has 0 saturated heterocycles. The molecular formula is C19H31NO. The van der Waals surface area contributed by atoms with Gasteiger partial charge >= 0.3 is 0 Å². The zero-order valence-corrected chi connectivity index (χ0v) is 14.5. The van der Waals surface area contributed by atoms with Gasteiger partial charge in [-0.15, -0.1) is 0 Å². The summed E-state index contributed by atoms with van der Waals surface area (Å²) < 4.78 is 5.66. The molecule has 118 valence electrons. The second kappa shape index (κ2) is 6.00. The molecule has 2 heteroatoms. The molecule has 0 aromatic heterocycles. The van der Waals surface area contributed by atoms with Crippen LogP contribution in [0.3, 0.4) is 0 Å². The normalized spacial score (nSPS) is 25.5. The molecule has 1 aromatic carbocycles. The van der Waals surface area contributed by atoms with E-state index in [0.29, 0.717) is 0 Å². The molecule has 0 aliphatic heterocycles. The van der Waals surface area contributed by atoms with Crippen molar-refractivity contribution in [3.05, 3.63) is 29.3 Å². The number of ether oxygens (including phenoxy) is 1. The van der Waals surface area contributed by atoms with Crippen LogP contribution in [0, 0.1) is 12.8 Å². The minimum Gasteiger partial charge on any atom is -0.496 e. The van der Waals surface area contributed by atoms with Gasteiger partial charge in [-0.25, -0.2) is 0 Å². The molecule has 1 aliphatic carbocycles. The first-order chi connectivity index (χ1) is 9.79. The van der Waals surface area contributed by atoms with E-state index in [1.807, 2.05) is 0 Å². The molecule has 0 spiro atoms. The fourth-order valence-corrected chi connectivity index (χ4v) is 3.46. The van der Waals surface area contributed by atoms with E-state index in [-0.39, 0.29) is 11.0 Å². The minimum atomic E-state index is 0.154. The van der Waals surface area contributed by atoms with Gasteiger partial charge in [0.05, 0.1) is 7.11 Å². The zero-order valence-electron chi connectivity index (χ0n) is 14.5. The van der Waals surface area contributed by atoms with Gasteiger partial charge in [0.1, 0.15) is 5.75 Å². The maximum absolute atomic E-state index is 5.66. The maximum atomic E-state index is 5.66. The van der Waals surface area contributed by atoms with E-state index >= 15 is 0 Å². The van der Waals surface area contributed by atoms with Gasteiger partial charge in [0.15, 0.2) is 0 Å². The van der Waals surface area contributed by atoms with Crippen LogP contribution in [0.1, 0.15) is 58.1 Å². The number of rotatable bonds is 5. The number of nitrogens with one attached hydrogen (secondary N) is 1. The van der Waals surface area contributed by atoms with Gasteiger partial charge in [0.2, 0.25) is 0 Å². The summed E-state index contributed by atoms with van der Waals surface area (Å²) in [5, 5.41) is 3.72. The Morgan fingerprint density at radius 3 is 2.48 bits per heavy atom. The van der Waals surface area contributed by atoms with E-state index in [4.69, 9.17) is 4.74 Å². The second-order valence-electron chi connectivity index (χ2n) is 7.77. The van der Waals surface area contributed by atoms with Crippen LogP contribution < -0.4 is 10.1 Å². The summed E-state index contributed by atoms with van der Waals surface area (Å²) in [6.45, 7) is 12.2. The Balaban J connectivity index is 2.30. The van der Waals surface area contributed by atoms with Gasteiger partial charge in [0, 0.05) is 23.1 Å². The Kier molecular flexibility index (Phi) is 4.67. The Morgan fingerprint density at radius 2 is 1.95 bits per heavy atom. The molecule has 1 saturated carbocycles. The summed E-state index contributed by atoms with van der Waals surface area (Å²) in [4.78, 5) is 0. The lowest BCUT2D eigenvalue weighted by molar-refractivity contribution is 0.121. The van der Waals surface area contributed by atoms with Gasteiger partial charge in [0.25, 0.3) is 0 Å². The molecule has 21 heavy (non-hydrogen) atoms. The van der Waals surface area contributed by atoms with Crippen LogP contribution in [0.2, 0.25) is 0 Å². The monoisotopic (exact) mass is 289 g/mol. The Bertz CT molecular complexity index is 481. The van der Waals surface area contributed by atoms with Crippen molar-refractivity contribution in [1.29, 1.82) is 0 Å². The highest BCUT2D eigenvalue weighted by Crippen LogP contribution is 2.51. The average molecular weight is 289 g/mol. The van der Waals surface area contributed by atoms with Crippen molar-refractivity contribution in [1.82, 2.24) is 5.32 Å². The first-order valence-corrected chi connectivity index (χ1v) is 8.20. The largest absolute Gasteiger partial charge is 0.496 e. The van der Waals surface area contributed by atoms with Crippen LogP contribution in [-0.4, -0.2) is 19.2 Å². The Labute approximate surface area is 130 Å². The quantitative estimate of drug-likeness (QED) is 0.864. The van der Waals surface area contributed by atoms with Gasteiger partial charge in [-0.2, -0.15) is 0 Å². The van der Waals surface area contributed by atoms with E-state index in [1.165, 1.54) is 30.4 Å². The average Bonchev–Trinajstić information content (AvgIpc) is 2.37. The summed E-state index contributed by atoms with van der Waals surface area (Å²) in [5.41, 5.74) is 3.11. The van der Waals surface area contributed by atoms with Crippen molar-refractivity contribution in [2.45, 2.75) is 64.8 Å². The summed E-state index contributed by atoms with van der Waals surface area (Å²) in [7, 11) is 1.79. The lowest BCUT2D eigenvalue weighted by atomic mass is 9.57. The molecule has 0 heterocycles. The second-order valence-corrected chi connectivity index (χ2v) is 7.77. The van der Waals surface area contributed by atoms with Crippen molar-refractivity contribution < 1.29 is 4.74 Å². The van der Waals surface area contributed by atoms with E-state index in [1.54, 1.807) is 7.11 Å². The Morgan fingerprint density at radius 1 is 1.29 bits per heavy atom. The number of hydrogen-bond donors (Lipinski definition) is 1. The predicted octanol–water partition coefficient (Wildman–Crippen LogP) is 4.45. The first-order valence-electron chi connectivity index (χ1n) is 8.20. The van der Waals surface area contributed by atoms with E-state index < -0.39 is 0 Å². The summed E-state index contributed by atoms with van der Waals surface area (Å²) in [5.74, 6) is 1.91. The lowest BCUT2D eigenvalue weighted by Crippen LogP contribution is -2.52. The van der Waals surface area contributed by atoms with Crippen LogP contribution in [-0.2, 0) is 5.41 Å². The predicted molar refractivity (Wildman–Crippen MR) is 90.2 cm³/mol. The van der Waals surface area contributed by atoms with Gasteiger partial charge in [-0.3, -0.25) is 0 Å². The molecule has 2 rings (SSSR count). The maximum Gasteiger partial charge on any atom is 0.122 e. The third-order valence-corrected chi connectivity index (χ3v) is 4.82. The number of hydrogen-bond acceptors (Lipinski definition) is 2. The molecule has 1 N–H and O–H groups in total. The fourth-order valence-electron chi connectivity index (χ4n) is 3.46. The molecule has 0 atom stereocenters. The molecule has 1 fully saturated rings. The van der Waals surface area contributed by atoms with Crippen molar-refractivity contribution in [3.63, 3.8) is 0 Å². The van der Waals surface area contributed by atoms with Gasteiger partial charge < -0.3 is 10.1 Å². The van der Waals surface area contributed by atoms with E-state index in [2.05, 4.69) is 58.1 Å². The van der Waals surface area contributed by atoms with Crippen molar-refractivity contribution in [3.8, 4) is 5.75 Å². The van der Waals surface area contributed by atoms with Gasteiger partial charge in [-0.05, 0) is 52.5 Å². The third-order valence-electron chi connectivity index (χ3n) is 4.82. The summed E-state index contributed by atoms with van der Waals surface area (Å²) in [6, 6.07) is 6.60. The number of aryl methyl sites for hydroxylation is 1. The fraction of sp³-hybridized carbons (Fsp3) is 0.684. The molecule has 1 aromatic rings. The summed E-state index contributed by atoms with van der Waals surface area (Å²) >= 11 is 0. The molecule has 0 bridgehead atoms.